The van der Waals surface area contributed by atoms with E-state index in [1.807, 2.05) is 0 Å². The monoisotopic (exact) mass is 457 g/mol. The molecule has 0 aliphatic carbocycles. The number of fused-ring (bicyclic) bond motifs is 3. The highest BCUT2D eigenvalue weighted by atomic mass is 19.1. The number of hydroxylamine groups is 2. The van der Waals surface area contributed by atoms with Crippen molar-refractivity contribution in [1.82, 2.24) is 25.1 Å². The lowest BCUT2D eigenvalue weighted by Gasteiger charge is -2.27. The lowest BCUT2D eigenvalue weighted by molar-refractivity contribution is -0.118. The molecule has 174 valence electrons. The largest absolute Gasteiger partial charge is 0.359 e. The number of urea groups is 1. The van der Waals surface area contributed by atoms with Gasteiger partial charge in [-0.15, -0.1) is 0 Å². The smallest absolute Gasteiger partial charge is 0.322 e. The first-order valence-corrected chi connectivity index (χ1v) is 10.2. The number of benzene rings is 1. The Labute approximate surface area is 189 Å². The molecule has 0 radical (unpaired) electrons. The summed E-state index contributed by atoms with van der Waals surface area (Å²) in [7, 11) is 3.15. The Hall–Kier alpha value is -3.98. The summed E-state index contributed by atoms with van der Waals surface area (Å²) in [5, 5.41) is 19.7. The summed E-state index contributed by atoms with van der Waals surface area (Å²) in [6.07, 6.45) is 0.521. The fourth-order valence-corrected chi connectivity index (χ4v) is 3.36. The molecule has 0 unspecified atom stereocenters. The van der Waals surface area contributed by atoms with Crippen LogP contribution in [0.25, 0.3) is 0 Å². The van der Waals surface area contributed by atoms with Crippen LogP contribution in [0.3, 0.4) is 0 Å². The van der Waals surface area contributed by atoms with Gasteiger partial charge in [-0.05, 0) is 18.2 Å². The van der Waals surface area contributed by atoms with Crippen LogP contribution in [0.5, 0.6) is 0 Å². The fourth-order valence-electron chi connectivity index (χ4n) is 3.36. The molecule has 0 bridgehead atoms. The molecule has 2 aromatic rings. The summed E-state index contributed by atoms with van der Waals surface area (Å²) >= 11 is 0. The highest BCUT2D eigenvalue weighted by Gasteiger charge is 2.33. The number of carbonyl (C=O) groups excluding carboxylic acids is 3. The number of rotatable bonds is 1. The Balaban J connectivity index is 0.000000555. The predicted molar refractivity (Wildman–Crippen MR) is 114 cm³/mol. The van der Waals surface area contributed by atoms with E-state index in [0.717, 1.165) is 11.8 Å². The molecule has 3 heterocycles. The fraction of sp³-hybridized carbons (Fsp3) is 0.381. The maximum absolute atomic E-state index is 13.5. The Bertz CT molecular complexity index is 1120. The molecular formula is C21H24FN7O4. The van der Waals surface area contributed by atoms with Crippen LogP contribution >= 0.6 is 0 Å². The maximum atomic E-state index is 13.5. The molecule has 4 amide bonds. The molecule has 0 saturated heterocycles. The molecule has 0 fully saturated rings. The predicted octanol–water partition coefficient (Wildman–Crippen LogP) is 1.25. The third-order valence-corrected chi connectivity index (χ3v) is 5.16. The molecular weight excluding hydrogens is 433 g/mol. The Morgan fingerprint density at radius 2 is 2.03 bits per heavy atom. The van der Waals surface area contributed by atoms with Crippen molar-refractivity contribution in [2.24, 2.45) is 0 Å². The van der Waals surface area contributed by atoms with Crippen LogP contribution in [0.4, 0.5) is 14.9 Å². The van der Waals surface area contributed by atoms with Crippen LogP contribution in [-0.2, 0) is 29.1 Å². The van der Waals surface area contributed by atoms with Crippen molar-refractivity contribution >= 4 is 23.5 Å². The van der Waals surface area contributed by atoms with Gasteiger partial charge in [0.1, 0.15) is 17.6 Å². The van der Waals surface area contributed by atoms with Gasteiger partial charge in [0.25, 0.3) is 5.91 Å². The van der Waals surface area contributed by atoms with Gasteiger partial charge in [0.15, 0.2) is 0 Å². The van der Waals surface area contributed by atoms with Crippen molar-refractivity contribution in [3.63, 3.8) is 0 Å². The van der Waals surface area contributed by atoms with E-state index >= 15 is 0 Å². The summed E-state index contributed by atoms with van der Waals surface area (Å²) < 4.78 is 15.1. The number of hydrogen-bond donors (Lipinski definition) is 2. The number of halogens is 1. The Kier molecular flexibility index (Phi) is 7.24. The SMILES string of the molecule is CN1OCCn2nc3c(c2C1=O)CN(C(=O)Nc1ccc(F)c(C#N)c1)CC3.CNC(C)=O. The van der Waals surface area contributed by atoms with Crippen LogP contribution in [-0.4, -0.2) is 64.8 Å². The van der Waals surface area contributed by atoms with Gasteiger partial charge in [0, 0.05) is 45.2 Å². The second-order valence-corrected chi connectivity index (χ2v) is 7.35. The number of carbonyl (C=O) groups is 3. The number of nitrogens with one attached hydrogen (secondary N) is 2. The average molecular weight is 457 g/mol. The highest BCUT2D eigenvalue weighted by Crippen LogP contribution is 2.25. The van der Waals surface area contributed by atoms with E-state index in [1.54, 1.807) is 29.7 Å². The minimum Gasteiger partial charge on any atom is -0.359 e. The number of nitrogens with zero attached hydrogens (tertiary/aromatic N) is 5. The number of amides is 4. The van der Waals surface area contributed by atoms with Gasteiger partial charge in [-0.25, -0.2) is 14.2 Å². The van der Waals surface area contributed by atoms with Crippen LogP contribution in [0.1, 0.15) is 34.2 Å². The molecule has 12 heteroatoms. The first-order chi connectivity index (χ1) is 15.7. The van der Waals surface area contributed by atoms with Gasteiger partial charge in [-0.3, -0.25) is 19.1 Å². The average Bonchev–Trinajstić information content (AvgIpc) is 3.10. The topological polar surface area (TPSA) is 133 Å². The summed E-state index contributed by atoms with van der Waals surface area (Å²) in [5.41, 5.74) is 2.12. The van der Waals surface area contributed by atoms with E-state index in [9.17, 15) is 18.8 Å². The van der Waals surface area contributed by atoms with Gasteiger partial charge >= 0.3 is 6.03 Å². The molecule has 1 aromatic carbocycles. The lowest BCUT2D eigenvalue weighted by Crippen LogP contribution is -2.39. The minimum atomic E-state index is -0.643. The number of hydrogen-bond acceptors (Lipinski definition) is 6. The molecule has 1 aromatic heterocycles. The van der Waals surface area contributed by atoms with Gasteiger partial charge in [0.05, 0.1) is 31.0 Å². The zero-order chi connectivity index (χ0) is 24.1. The van der Waals surface area contributed by atoms with Gasteiger partial charge in [-0.2, -0.15) is 10.4 Å². The van der Waals surface area contributed by atoms with E-state index in [1.165, 1.54) is 24.1 Å². The number of aromatic nitrogens is 2. The molecule has 2 aliphatic rings. The van der Waals surface area contributed by atoms with Crippen LogP contribution in [0, 0.1) is 17.1 Å². The van der Waals surface area contributed by atoms with Crippen molar-refractivity contribution in [3.8, 4) is 6.07 Å². The van der Waals surface area contributed by atoms with Gasteiger partial charge in [0.2, 0.25) is 5.91 Å². The van der Waals surface area contributed by atoms with Gasteiger partial charge < -0.3 is 15.5 Å². The lowest BCUT2D eigenvalue weighted by atomic mass is 10.1. The van der Waals surface area contributed by atoms with Crippen molar-refractivity contribution < 1.29 is 23.6 Å². The molecule has 2 aliphatic heterocycles. The zero-order valence-corrected chi connectivity index (χ0v) is 18.5. The summed E-state index contributed by atoms with van der Waals surface area (Å²) in [5.74, 6) is -0.939. The van der Waals surface area contributed by atoms with Crippen molar-refractivity contribution in [3.05, 3.63) is 46.5 Å². The molecule has 4 rings (SSSR count). The second-order valence-electron chi connectivity index (χ2n) is 7.35. The van der Waals surface area contributed by atoms with E-state index in [2.05, 4.69) is 15.7 Å². The molecule has 33 heavy (non-hydrogen) atoms. The number of anilines is 1. The summed E-state index contributed by atoms with van der Waals surface area (Å²) in [6, 6.07) is 5.16. The van der Waals surface area contributed by atoms with Crippen molar-refractivity contribution in [1.29, 1.82) is 5.26 Å². The molecule has 0 atom stereocenters. The van der Waals surface area contributed by atoms with E-state index in [-0.39, 0.29) is 23.9 Å². The third-order valence-electron chi connectivity index (χ3n) is 5.16. The highest BCUT2D eigenvalue weighted by molar-refractivity contribution is 5.94. The third kappa shape index (κ3) is 5.27. The standard InChI is InChI=1S/C18H17FN6O3.C3H7NO/c1-23-17(26)16-13-10-24(5-4-15(13)22-25(16)6-7-28-23)18(27)21-12-2-3-14(19)11(8-12)9-20;1-3(5)4-2/h2-3,8H,4-7,10H2,1H3,(H,21,27);1-2H3,(H,4,5). The summed E-state index contributed by atoms with van der Waals surface area (Å²) in [6.45, 7) is 2.92. The van der Waals surface area contributed by atoms with Crippen molar-refractivity contribution in [2.75, 3.05) is 32.6 Å². The van der Waals surface area contributed by atoms with E-state index in [4.69, 9.17) is 10.1 Å². The summed E-state index contributed by atoms with van der Waals surface area (Å²) in [4.78, 5) is 41.8. The van der Waals surface area contributed by atoms with Gasteiger partial charge in [-0.1, -0.05) is 0 Å². The first kappa shape index (κ1) is 23.7. The Morgan fingerprint density at radius 1 is 1.30 bits per heavy atom. The van der Waals surface area contributed by atoms with Crippen LogP contribution < -0.4 is 10.6 Å². The molecule has 11 nitrogen and oxygen atoms in total. The first-order valence-electron chi connectivity index (χ1n) is 10.2. The normalized spacial score (nSPS) is 14.7. The van der Waals surface area contributed by atoms with E-state index < -0.39 is 11.8 Å². The quantitative estimate of drug-likeness (QED) is 0.662. The van der Waals surface area contributed by atoms with Crippen LogP contribution in [0.2, 0.25) is 0 Å². The maximum Gasteiger partial charge on any atom is 0.322 e. The van der Waals surface area contributed by atoms with Crippen molar-refractivity contribution in [2.45, 2.75) is 26.4 Å². The molecule has 0 saturated carbocycles. The Morgan fingerprint density at radius 3 is 2.70 bits per heavy atom. The molecule has 2 N–H and O–H groups in total. The number of nitriles is 1. The molecule has 0 spiro atoms. The van der Waals surface area contributed by atoms with Crippen LogP contribution in [0.15, 0.2) is 18.2 Å². The second kappa shape index (κ2) is 10.1. The minimum absolute atomic E-state index is 0.00463. The zero-order valence-electron chi connectivity index (χ0n) is 18.5. The van der Waals surface area contributed by atoms with E-state index in [0.29, 0.717) is 43.1 Å².